The average Bonchev–Trinajstić information content (AvgIpc) is 2.31. The molecule has 2 aromatic carbocycles. The minimum Gasteiger partial charge on any atom is -0.460 e. The van der Waals surface area contributed by atoms with Gasteiger partial charge in [-0.2, -0.15) is 0 Å². The highest BCUT2D eigenvalue weighted by Gasteiger charge is 2.16. The van der Waals surface area contributed by atoms with Gasteiger partial charge in [0.25, 0.3) is 0 Å². The highest BCUT2D eigenvalue weighted by Crippen LogP contribution is 2.38. The molecule has 0 bridgehead atoms. The molecule has 2 aromatic rings. The van der Waals surface area contributed by atoms with Crippen LogP contribution < -0.4 is 4.74 Å². The Hall–Kier alpha value is -1.32. The van der Waals surface area contributed by atoms with Crippen LogP contribution in [0.25, 0.3) is 16.8 Å². The van der Waals surface area contributed by atoms with Crippen molar-refractivity contribution in [1.29, 1.82) is 0 Å². The Morgan fingerprint density at radius 1 is 1.19 bits per heavy atom. The normalized spacial score (nSPS) is 18.2. The van der Waals surface area contributed by atoms with Crippen LogP contribution >= 0.6 is 15.9 Å². The van der Waals surface area contributed by atoms with Gasteiger partial charge < -0.3 is 9.84 Å². The van der Waals surface area contributed by atoms with Crippen LogP contribution in [-0.4, -0.2) is 11.4 Å². The Labute approximate surface area is 101 Å². The molecule has 1 aliphatic rings. The van der Waals surface area contributed by atoms with Crippen molar-refractivity contribution in [3.63, 3.8) is 0 Å². The summed E-state index contributed by atoms with van der Waals surface area (Å²) in [6.07, 6.45) is 2.65. The Morgan fingerprint density at radius 2 is 1.94 bits per heavy atom. The number of hydrogen-bond acceptors (Lipinski definition) is 2. The summed E-state index contributed by atoms with van der Waals surface area (Å²) in [5.74, 6) is 0.744. The Kier molecular flexibility index (Phi) is 2.23. The zero-order valence-electron chi connectivity index (χ0n) is 8.35. The second-order valence-corrected chi connectivity index (χ2v) is 4.54. The standard InChI is InChI=1S/C13H9BrO2/c14-11-7-8-5-6-12(15)16-13(8)10-4-2-1-3-9(10)11/h1-7,12,15H. The van der Waals surface area contributed by atoms with Crippen LogP contribution in [0, 0.1) is 0 Å². The van der Waals surface area contributed by atoms with Crippen LogP contribution in [0.15, 0.2) is 40.9 Å². The van der Waals surface area contributed by atoms with E-state index < -0.39 is 6.29 Å². The van der Waals surface area contributed by atoms with Gasteiger partial charge in [-0.25, -0.2) is 0 Å². The molecule has 3 heteroatoms. The number of aliphatic hydroxyl groups is 1. The number of aliphatic hydroxyl groups excluding tert-OH is 1. The predicted molar refractivity (Wildman–Crippen MR) is 67.3 cm³/mol. The summed E-state index contributed by atoms with van der Waals surface area (Å²) in [6.45, 7) is 0. The molecule has 0 spiro atoms. The molecule has 0 aliphatic carbocycles. The molecule has 0 amide bonds. The van der Waals surface area contributed by atoms with Crippen molar-refractivity contribution in [1.82, 2.24) is 0 Å². The summed E-state index contributed by atoms with van der Waals surface area (Å²) >= 11 is 3.54. The van der Waals surface area contributed by atoms with Crippen molar-refractivity contribution in [2.45, 2.75) is 6.29 Å². The third-order valence-electron chi connectivity index (χ3n) is 2.65. The molecule has 1 N–H and O–H groups in total. The van der Waals surface area contributed by atoms with E-state index in [2.05, 4.69) is 15.9 Å². The zero-order valence-corrected chi connectivity index (χ0v) is 9.94. The molecular formula is C13H9BrO2. The lowest BCUT2D eigenvalue weighted by molar-refractivity contribution is 0.0244. The lowest BCUT2D eigenvalue weighted by Crippen LogP contribution is -2.15. The fourth-order valence-corrected chi connectivity index (χ4v) is 2.52. The smallest absolute Gasteiger partial charge is 0.217 e. The van der Waals surface area contributed by atoms with E-state index in [4.69, 9.17) is 4.74 Å². The summed E-state index contributed by atoms with van der Waals surface area (Å²) in [5.41, 5.74) is 0.982. The number of benzene rings is 2. The van der Waals surface area contributed by atoms with Crippen molar-refractivity contribution >= 4 is 32.8 Å². The molecule has 0 saturated carbocycles. The van der Waals surface area contributed by atoms with E-state index in [0.717, 1.165) is 26.6 Å². The molecule has 16 heavy (non-hydrogen) atoms. The van der Waals surface area contributed by atoms with Crippen LogP contribution in [-0.2, 0) is 0 Å². The third-order valence-corrected chi connectivity index (χ3v) is 3.31. The SMILES string of the molecule is OC1C=Cc2cc(Br)c3ccccc3c2O1. The molecule has 0 saturated heterocycles. The van der Waals surface area contributed by atoms with Crippen LogP contribution in [0.3, 0.4) is 0 Å². The van der Waals surface area contributed by atoms with Crippen molar-refractivity contribution in [3.05, 3.63) is 46.4 Å². The quantitative estimate of drug-likeness (QED) is 0.800. The first-order chi connectivity index (χ1) is 7.75. The average molecular weight is 277 g/mol. The maximum atomic E-state index is 9.46. The van der Waals surface area contributed by atoms with Gasteiger partial charge in [0.1, 0.15) is 5.75 Å². The zero-order chi connectivity index (χ0) is 11.1. The molecule has 3 rings (SSSR count). The summed E-state index contributed by atoms with van der Waals surface area (Å²) in [7, 11) is 0. The molecule has 1 aliphatic heterocycles. The van der Waals surface area contributed by atoms with Gasteiger partial charge in [-0.1, -0.05) is 40.2 Å². The highest BCUT2D eigenvalue weighted by molar-refractivity contribution is 9.10. The first-order valence-corrected chi connectivity index (χ1v) is 5.79. The predicted octanol–water partition coefficient (Wildman–Crippen LogP) is 3.33. The minimum absolute atomic E-state index is 0.744. The Balaban J connectivity index is 2.39. The van der Waals surface area contributed by atoms with Crippen molar-refractivity contribution < 1.29 is 9.84 Å². The summed E-state index contributed by atoms with van der Waals surface area (Å²) in [6, 6.07) is 9.95. The van der Waals surface area contributed by atoms with E-state index in [1.165, 1.54) is 0 Å². The number of rotatable bonds is 0. The van der Waals surface area contributed by atoms with Crippen molar-refractivity contribution in [2.24, 2.45) is 0 Å². The van der Waals surface area contributed by atoms with Gasteiger partial charge in [-0.15, -0.1) is 0 Å². The van der Waals surface area contributed by atoms with Crippen LogP contribution in [0.1, 0.15) is 5.56 Å². The van der Waals surface area contributed by atoms with Gasteiger partial charge in [0.2, 0.25) is 6.29 Å². The first kappa shape index (κ1) is 9.87. The Morgan fingerprint density at radius 3 is 2.75 bits per heavy atom. The number of halogens is 1. The number of ether oxygens (including phenoxy) is 1. The van der Waals surface area contributed by atoms with E-state index in [1.54, 1.807) is 6.08 Å². The fourth-order valence-electron chi connectivity index (χ4n) is 1.93. The highest BCUT2D eigenvalue weighted by atomic mass is 79.9. The summed E-state index contributed by atoms with van der Waals surface area (Å²) in [4.78, 5) is 0. The molecule has 80 valence electrons. The van der Waals surface area contributed by atoms with Gasteiger partial charge in [0, 0.05) is 15.4 Å². The van der Waals surface area contributed by atoms with E-state index in [1.807, 2.05) is 36.4 Å². The Bertz CT molecular complexity index is 590. The second-order valence-electron chi connectivity index (χ2n) is 3.69. The van der Waals surface area contributed by atoms with E-state index >= 15 is 0 Å². The monoisotopic (exact) mass is 276 g/mol. The van der Waals surface area contributed by atoms with Crippen LogP contribution in [0.2, 0.25) is 0 Å². The summed E-state index contributed by atoms with van der Waals surface area (Å²) < 4.78 is 6.48. The maximum absolute atomic E-state index is 9.46. The maximum Gasteiger partial charge on any atom is 0.217 e. The van der Waals surface area contributed by atoms with Crippen molar-refractivity contribution in [3.8, 4) is 5.75 Å². The van der Waals surface area contributed by atoms with Crippen molar-refractivity contribution in [2.75, 3.05) is 0 Å². The van der Waals surface area contributed by atoms with Crippen LogP contribution in [0.4, 0.5) is 0 Å². The van der Waals surface area contributed by atoms with E-state index in [-0.39, 0.29) is 0 Å². The van der Waals surface area contributed by atoms with E-state index in [9.17, 15) is 5.11 Å². The second kappa shape index (κ2) is 3.61. The molecule has 1 heterocycles. The molecule has 2 nitrogen and oxygen atoms in total. The molecule has 1 unspecified atom stereocenters. The minimum atomic E-state index is -0.850. The number of fused-ring (bicyclic) bond motifs is 3. The summed E-state index contributed by atoms with van der Waals surface area (Å²) in [5, 5.41) is 11.6. The van der Waals surface area contributed by atoms with Gasteiger partial charge in [0.15, 0.2) is 0 Å². The topological polar surface area (TPSA) is 29.5 Å². The van der Waals surface area contributed by atoms with Gasteiger partial charge >= 0.3 is 0 Å². The first-order valence-electron chi connectivity index (χ1n) is 5.00. The largest absolute Gasteiger partial charge is 0.460 e. The van der Waals surface area contributed by atoms with E-state index in [0.29, 0.717) is 0 Å². The lowest BCUT2D eigenvalue weighted by Gasteiger charge is -2.19. The fraction of sp³-hybridized carbons (Fsp3) is 0.0769. The van der Waals surface area contributed by atoms with Gasteiger partial charge in [-0.05, 0) is 23.6 Å². The molecule has 1 atom stereocenters. The number of hydrogen-bond donors (Lipinski definition) is 1. The van der Waals surface area contributed by atoms with Crippen LogP contribution in [0.5, 0.6) is 5.75 Å². The molecule has 0 fully saturated rings. The van der Waals surface area contributed by atoms with Gasteiger partial charge in [-0.3, -0.25) is 0 Å². The molecule has 0 radical (unpaired) electrons. The molecule has 0 aromatic heterocycles. The third kappa shape index (κ3) is 1.44. The lowest BCUT2D eigenvalue weighted by atomic mass is 10.0. The van der Waals surface area contributed by atoms with Gasteiger partial charge in [0.05, 0.1) is 0 Å². The molecular weight excluding hydrogens is 268 g/mol.